The van der Waals surface area contributed by atoms with Gasteiger partial charge >= 0.3 is 0 Å². The summed E-state index contributed by atoms with van der Waals surface area (Å²) in [5.41, 5.74) is 6.88. The fraction of sp³-hybridized carbons (Fsp3) is 0.421. The molecule has 1 fully saturated rings. The number of primary amides is 1. The minimum atomic E-state index is -0.493. The van der Waals surface area contributed by atoms with E-state index in [4.69, 9.17) is 20.2 Å². The van der Waals surface area contributed by atoms with Crippen molar-refractivity contribution in [2.75, 3.05) is 30.5 Å². The quantitative estimate of drug-likeness (QED) is 0.794. The Balaban J connectivity index is 1.65. The largest absolute Gasteiger partial charge is 0.491 e. The molecule has 2 aliphatic heterocycles. The predicted octanol–water partition coefficient (Wildman–Crippen LogP) is 0.980. The number of hydrogen-bond acceptors (Lipinski definition) is 6. The van der Waals surface area contributed by atoms with E-state index in [1.807, 2.05) is 29.0 Å². The summed E-state index contributed by atoms with van der Waals surface area (Å²) in [6.45, 7) is 3.30. The van der Waals surface area contributed by atoms with Crippen LogP contribution in [-0.2, 0) is 20.9 Å². The van der Waals surface area contributed by atoms with Gasteiger partial charge in [0.2, 0.25) is 11.8 Å². The third kappa shape index (κ3) is 3.29. The van der Waals surface area contributed by atoms with Gasteiger partial charge in [-0.05, 0) is 19.1 Å². The normalized spacial score (nSPS) is 19.4. The summed E-state index contributed by atoms with van der Waals surface area (Å²) in [6, 6.07) is 5.09. The lowest BCUT2D eigenvalue weighted by Crippen LogP contribution is -2.32. The average Bonchev–Trinajstić information content (AvgIpc) is 3.21. The van der Waals surface area contributed by atoms with Crippen LogP contribution in [0.4, 0.5) is 11.5 Å². The molecular formula is C19H23N5O4. The summed E-state index contributed by atoms with van der Waals surface area (Å²) in [4.78, 5) is 30.0. The molecule has 1 aromatic heterocycles. The Morgan fingerprint density at radius 3 is 3.00 bits per heavy atom. The zero-order chi connectivity index (χ0) is 19.8. The number of methoxy groups -OCH3 is 1. The summed E-state index contributed by atoms with van der Waals surface area (Å²) in [7, 11) is 1.61. The van der Waals surface area contributed by atoms with Gasteiger partial charge in [0, 0.05) is 25.1 Å². The molecule has 1 unspecified atom stereocenters. The second-order valence-corrected chi connectivity index (χ2v) is 7.01. The van der Waals surface area contributed by atoms with Crippen LogP contribution in [0.2, 0.25) is 0 Å². The number of nitrogens with zero attached hydrogens (tertiary/aromatic N) is 3. The molecule has 0 saturated carbocycles. The molecule has 9 heteroatoms. The number of amides is 2. The maximum atomic E-state index is 12.3. The number of carbonyl (C=O) groups is 2. The van der Waals surface area contributed by atoms with Crippen molar-refractivity contribution in [3.63, 3.8) is 0 Å². The van der Waals surface area contributed by atoms with Crippen molar-refractivity contribution in [3.05, 3.63) is 24.4 Å². The standard InChI is InChI=1S/C19H23N5O4/c1-11(18(20)26)21-12-3-4-14-15(7-12)28-6-5-23-10-16(22-19(14)23)24-9-13(27-2)8-17(24)25/h3-4,7,10-11,13,21H,5-6,8-9H2,1-2H3,(H2,20,26)/t11?,13-/m1/s1. The number of aromatic nitrogens is 2. The number of rotatable bonds is 5. The number of fused-ring (bicyclic) bond motifs is 3. The summed E-state index contributed by atoms with van der Waals surface area (Å²) in [6.07, 6.45) is 2.14. The van der Waals surface area contributed by atoms with Gasteiger partial charge in [-0.3, -0.25) is 14.5 Å². The van der Waals surface area contributed by atoms with E-state index in [-0.39, 0.29) is 12.0 Å². The highest BCUT2D eigenvalue weighted by molar-refractivity contribution is 5.95. The van der Waals surface area contributed by atoms with Gasteiger partial charge in [-0.1, -0.05) is 0 Å². The highest BCUT2D eigenvalue weighted by Gasteiger charge is 2.33. The molecule has 1 aromatic carbocycles. The van der Waals surface area contributed by atoms with Crippen molar-refractivity contribution in [1.82, 2.24) is 9.55 Å². The lowest BCUT2D eigenvalue weighted by atomic mass is 10.1. The molecular weight excluding hydrogens is 362 g/mol. The second kappa shape index (κ2) is 7.16. The Morgan fingerprint density at radius 2 is 2.29 bits per heavy atom. The molecule has 2 aromatic rings. The zero-order valence-electron chi connectivity index (χ0n) is 15.8. The smallest absolute Gasteiger partial charge is 0.239 e. The number of imidazole rings is 1. The number of ether oxygens (including phenoxy) is 2. The summed E-state index contributed by atoms with van der Waals surface area (Å²) in [5, 5.41) is 3.05. The molecule has 1 saturated heterocycles. The first-order valence-corrected chi connectivity index (χ1v) is 9.19. The summed E-state index contributed by atoms with van der Waals surface area (Å²) in [5.74, 6) is 1.61. The summed E-state index contributed by atoms with van der Waals surface area (Å²) < 4.78 is 13.2. The zero-order valence-corrected chi connectivity index (χ0v) is 15.8. The monoisotopic (exact) mass is 385 g/mol. The first-order chi connectivity index (χ1) is 13.5. The SMILES string of the molecule is CO[C@@H]1CC(=O)N(c2cn3c(n2)-c2ccc(NC(C)C(N)=O)cc2OCC3)C1. The van der Waals surface area contributed by atoms with Crippen LogP contribution in [0.15, 0.2) is 24.4 Å². The minimum absolute atomic E-state index is 0.0107. The van der Waals surface area contributed by atoms with Gasteiger partial charge in [0.25, 0.3) is 0 Å². The van der Waals surface area contributed by atoms with Crippen molar-refractivity contribution < 1.29 is 19.1 Å². The van der Waals surface area contributed by atoms with Crippen molar-refractivity contribution in [2.24, 2.45) is 5.73 Å². The topological polar surface area (TPSA) is 112 Å². The van der Waals surface area contributed by atoms with Crippen molar-refractivity contribution in [3.8, 4) is 17.1 Å². The van der Waals surface area contributed by atoms with Gasteiger partial charge in [0.05, 0.1) is 31.2 Å². The van der Waals surface area contributed by atoms with Gasteiger partial charge in [0.15, 0.2) is 5.82 Å². The van der Waals surface area contributed by atoms with Crippen LogP contribution < -0.4 is 20.7 Å². The van der Waals surface area contributed by atoms with Gasteiger partial charge < -0.3 is 25.1 Å². The Labute approximate surface area is 162 Å². The van der Waals surface area contributed by atoms with E-state index >= 15 is 0 Å². The maximum absolute atomic E-state index is 12.3. The van der Waals surface area contributed by atoms with Crippen LogP contribution in [-0.4, -0.2) is 53.8 Å². The highest BCUT2D eigenvalue weighted by Crippen LogP contribution is 2.36. The summed E-state index contributed by atoms with van der Waals surface area (Å²) >= 11 is 0. The molecule has 2 aliphatic rings. The molecule has 28 heavy (non-hydrogen) atoms. The lowest BCUT2D eigenvalue weighted by Gasteiger charge is -2.14. The lowest BCUT2D eigenvalue weighted by molar-refractivity contribution is -0.119. The number of anilines is 2. The van der Waals surface area contributed by atoms with Crippen LogP contribution in [0.25, 0.3) is 11.4 Å². The molecule has 3 N–H and O–H groups in total. The molecule has 2 amide bonds. The number of carbonyl (C=O) groups excluding carboxylic acids is 2. The first kappa shape index (κ1) is 18.3. The van der Waals surface area contributed by atoms with Gasteiger partial charge in [-0.25, -0.2) is 4.98 Å². The van der Waals surface area contributed by atoms with Gasteiger partial charge in [-0.15, -0.1) is 0 Å². The fourth-order valence-corrected chi connectivity index (χ4v) is 3.46. The third-order valence-electron chi connectivity index (χ3n) is 5.09. The average molecular weight is 385 g/mol. The van der Waals surface area contributed by atoms with Crippen molar-refractivity contribution in [1.29, 1.82) is 0 Å². The van der Waals surface area contributed by atoms with Crippen LogP contribution in [0, 0.1) is 0 Å². The first-order valence-electron chi connectivity index (χ1n) is 9.19. The number of nitrogens with one attached hydrogen (secondary N) is 1. The van der Waals surface area contributed by atoms with E-state index in [0.717, 1.165) is 17.1 Å². The molecule has 2 atom stereocenters. The Kier molecular flexibility index (Phi) is 4.68. The molecule has 148 valence electrons. The molecule has 0 bridgehead atoms. The van der Waals surface area contributed by atoms with Gasteiger partial charge in [0.1, 0.15) is 24.2 Å². The molecule has 0 radical (unpaired) electrons. The molecule has 0 spiro atoms. The maximum Gasteiger partial charge on any atom is 0.239 e. The number of benzene rings is 1. The Bertz CT molecular complexity index is 925. The van der Waals surface area contributed by atoms with Gasteiger partial charge in [-0.2, -0.15) is 0 Å². The van der Waals surface area contributed by atoms with Crippen molar-refractivity contribution in [2.45, 2.75) is 32.0 Å². The van der Waals surface area contributed by atoms with E-state index in [0.29, 0.717) is 37.7 Å². The Hall–Kier alpha value is -3.07. The minimum Gasteiger partial charge on any atom is -0.491 e. The number of nitrogens with two attached hydrogens (primary N) is 1. The number of hydrogen-bond donors (Lipinski definition) is 2. The van der Waals surface area contributed by atoms with Crippen LogP contribution >= 0.6 is 0 Å². The van der Waals surface area contributed by atoms with Crippen molar-refractivity contribution >= 4 is 23.3 Å². The molecule has 9 nitrogen and oxygen atoms in total. The van der Waals surface area contributed by atoms with E-state index < -0.39 is 11.9 Å². The Morgan fingerprint density at radius 1 is 1.46 bits per heavy atom. The molecule has 0 aliphatic carbocycles. The predicted molar refractivity (Wildman–Crippen MR) is 103 cm³/mol. The highest BCUT2D eigenvalue weighted by atomic mass is 16.5. The molecule has 3 heterocycles. The van der Waals surface area contributed by atoms with Crippen LogP contribution in [0.5, 0.6) is 5.75 Å². The van der Waals surface area contributed by atoms with Crippen LogP contribution in [0.3, 0.4) is 0 Å². The van der Waals surface area contributed by atoms with E-state index in [9.17, 15) is 9.59 Å². The second-order valence-electron chi connectivity index (χ2n) is 7.01. The van der Waals surface area contributed by atoms with E-state index in [1.165, 1.54) is 0 Å². The van der Waals surface area contributed by atoms with Crippen LogP contribution in [0.1, 0.15) is 13.3 Å². The molecule has 4 rings (SSSR count). The van der Waals surface area contributed by atoms with E-state index in [2.05, 4.69) is 5.32 Å². The van der Waals surface area contributed by atoms with E-state index in [1.54, 1.807) is 18.9 Å². The fourth-order valence-electron chi connectivity index (χ4n) is 3.46. The third-order valence-corrected chi connectivity index (χ3v) is 5.09.